The van der Waals surface area contributed by atoms with E-state index >= 15 is 0 Å². The minimum Gasteiger partial charge on any atom is -0.468 e. The molecule has 0 aliphatic rings. The summed E-state index contributed by atoms with van der Waals surface area (Å²) in [7, 11) is 2.38. The zero-order valence-corrected chi connectivity index (χ0v) is 12.1. The van der Waals surface area contributed by atoms with E-state index < -0.39 is 16.0 Å². The van der Waals surface area contributed by atoms with Gasteiger partial charge in [-0.1, -0.05) is 0 Å². The van der Waals surface area contributed by atoms with E-state index in [4.69, 9.17) is 0 Å². The summed E-state index contributed by atoms with van der Waals surface area (Å²) in [6, 6.07) is 2.99. The Morgan fingerprint density at radius 1 is 1.32 bits per heavy atom. The van der Waals surface area contributed by atoms with Gasteiger partial charge in [0, 0.05) is 27.3 Å². The van der Waals surface area contributed by atoms with Crippen LogP contribution in [0.25, 0.3) is 0 Å². The molecule has 0 radical (unpaired) electrons. The van der Waals surface area contributed by atoms with Crippen molar-refractivity contribution in [1.29, 1.82) is 0 Å². The highest BCUT2D eigenvalue weighted by Gasteiger charge is 2.18. The minimum atomic E-state index is -3.49. The van der Waals surface area contributed by atoms with E-state index in [-0.39, 0.29) is 11.4 Å². The van der Waals surface area contributed by atoms with Crippen LogP contribution in [0.1, 0.15) is 0 Å². The van der Waals surface area contributed by atoms with Crippen molar-refractivity contribution in [3.05, 3.63) is 18.3 Å². The average Bonchev–Trinajstić information content (AvgIpc) is 2.38. The van der Waals surface area contributed by atoms with Crippen molar-refractivity contribution < 1.29 is 17.9 Å². The maximum Gasteiger partial charge on any atom is 0.325 e. The molecule has 0 spiro atoms. The molecule has 0 unspecified atom stereocenters. The van der Waals surface area contributed by atoms with Crippen molar-refractivity contribution in [1.82, 2.24) is 9.29 Å². The van der Waals surface area contributed by atoms with E-state index in [2.05, 4.69) is 9.72 Å². The van der Waals surface area contributed by atoms with Crippen LogP contribution in [0.5, 0.6) is 0 Å². The van der Waals surface area contributed by atoms with E-state index in [0.717, 1.165) is 4.31 Å². The molecule has 0 saturated heterocycles. The maximum absolute atomic E-state index is 11.8. The van der Waals surface area contributed by atoms with Gasteiger partial charge in [-0.3, -0.25) is 4.79 Å². The van der Waals surface area contributed by atoms with E-state index in [1.54, 1.807) is 18.0 Å². The molecular formula is C11H17N3O4S. The fourth-order valence-electron chi connectivity index (χ4n) is 1.30. The van der Waals surface area contributed by atoms with Crippen LogP contribution in [0.15, 0.2) is 23.2 Å². The number of carbonyl (C=O) groups is 1. The first kappa shape index (κ1) is 15.4. The molecule has 19 heavy (non-hydrogen) atoms. The number of pyridine rings is 1. The minimum absolute atomic E-state index is 0.0449. The quantitative estimate of drug-likeness (QED) is 0.706. The lowest BCUT2D eigenvalue weighted by Gasteiger charge is -2.17. The Balaban J connectivity index is 2.91. The van der Waals surface area contributed by atoms with Crippen LogP contribution in [0, 0.1) is 0 Å². The second-order valence-electron chi connectivity index (χ2n) is 4.07. The monoisotopic (exact) mass is 287 g/mol. The van der Waals surface area contributed by atoms with Gasteiger partial charge in [0.05, 0.1) is 7.11 Å². The molecule has 0 atom stereocenters. The summed E-state index contributed by atoms with van der Waals surface area (Å²) < 4.78 is 29.3. The molecule has 0 aromatic carbocycles. The number of sulfonamides is 1. The number of rotatable bonds is 5. The number of esters is 1. The van der Waals surface area contributed by atoms with E-state index in [1.807, 2.05) is 0 Å². The van der Waals surface area contributed by atoms with Gasteiger partial charge in [-0.2, -0.15) is 0 Å². The molecule has 0 N–H and O–H groups in total. The zero-order valence-electron chi connectivity index (χ0n) is 11.3. The van der Waals surface area contributed by atoms with Crippen molar-refractivity contribution >= 4 is 21.8 Å². The Morgan fingerprint density at radius 3 is 2.37 bits per heavy atom. The van der Waals surface area contributed by atoms with Crippen LogP contribution < -0.4 is 4.90 Å². The Kier molecular flexibility index (Phi) is 4.84. The third kappa shape index (κ3) is 3.65. The van der Waals surface area contributed by atoms with Gasteiger partial charge in [0.15, 0.2) is 0 Å². The fourth-order valence-corrected chi connectivity index (χ4v) is 2.15. The Morgan fingerprint density at radius 2 is 1.95 bits per heavy atom. The summed E-state index contributed by atoms with van der Waals surface area (Å²) in [6.07, 6.45) is 1.26. The van der Waals surface area contributed by atoms with Gasteiger partial charge >= 0.3 is 5.97 Å². The van der Waals surface area contributed by atoms with E-state index in [1.165, 1.54) is 33.5 Å². The standard InChI is InChI=1S/C11H17N3O4S/c1-13(2)19(16,17)9-5-6-10(12-7-9)14(3)8-11(15)18-4/h5-7H,8H2,1-4H3. The Labute approximate surface area is 112 Å². The van der Waals surface area contributed by atoms with Crippen molar-refractivity contribution in [2.45, 2.75) is 4.90 Å². The highest BCUT2D eigenvalue weighted by Crippen LogP contribution is 2.15. The lowest BCUT2D eigenvalue weighted by Crippen LogP contribution is -2.27. The normalized spacial score (nSPS) is 11.4. The molecule has 1 aromatic rings. The predicted molar refractivity (Wildman–Crippen MR) is 70.4 cm³/mol. The van der Waals surface area contributed by atoms with Gasteiger partial charge in [0.25, 0.3) is 0 Å². The number of aromatic nitrogens is 1. The molecule has 106 valence electrons. The summed E-state index contributed by atoms with van der Waals surface area (Å²) in [5.74, 6) is 0.0948. The number of methoxy groups -OCH3 is 1. The molecule has 8 heteroatoms. The average molecular weight is 287 g/mol. The predicted octanol–water partition coefficient (Wildman–Crippen LogP) is -0.0589. The number of anilines is 1. The first-order valence-electron chi connectivity index (χ1n) is 5.45. The summed E-state index contributed by atoms with van der Waals surface area (Å²) >= 11 is 0. The third-order valence-electron chi connectivity index (χ3n) is 2.48. The number of nitrogens with zero attached hydrogens (tertiary/aromatic N) is 3. The maximum atomic E-state index is 11.8. The van der Waals surface area contributed by atoms with E-state index in [9.17, 15) is 13.2 Å². The highest BCUT2D eigenvalue weighted by atomic mass is 32.2. The molecular weight excluding hydrogens is 270 g/mol. The number of likely N-dealkylation sites (N-methyl/N-ethyl adjacent to an activating group) is 1. The first-order valence-corrected chi connectivity index (χ1v) is 6.89. The lowest BCUT2D eigenvalue weighted by molar-refractivity contribution is -0.138. The molecule has 1 heterocycles. The second-order valence-corrected chi connectivity index (χ2v) is 6.22. The van der Waals surface area contributed by atoms with Gasteiger partial charge < -0.3 is 9.64 Å². The van der Waals surface area contributed by atoms with Crippen LogP contribution in [-0.4, -0.2) is 58.5 Å². The first-order chi connectivity index (χ1) is 8.78. The number of ether oxygens (including phenoxy) is 1. The topological polar surface area (TPSA) is 79.8 Å². The van der Waals surface area contributed by atoms with Crippen LogP contribution >= 0.6 is 0 Å². The molecule has 7 nitrogen and oxygen atoms in total. The van der Waals surface area contributed by atoms with Gasteiger partial charge in [-0.15, -0.1) is 0 Å². The number of carbonyl (C=O) groups excluding carboxylic acids is 1. The van der Waals surface area contributed by atoms with Gasteiger partial charge in [-0.25, -0.2) is 17.7 Å². The molecule has 0 bridgehead atoms. The van der Waals surface area contributed by atoms with Gasteiger partial charge in [-0.05, 0) is 12.1 Å². The molecule has 0 fully saturated rings. The smallest absolute Gasteiger partial charge is 0.325 e. The van der Waals surface area contributed by atoms with Gasteiger partial charge in [0.1, 0.15) is 17.3 Å². The van der Waals surface area contributed by atoms with Crippen molar-refractivity contribution in [3.63, 3.8) is 0 Å². The SMILES string of the molecule is COC(=O)CN(C)c1ccc(S(=O)(=O)N(C)C)cn1. The molecule has 1 rings (SSSR count). The molecule has 0 saturated carbocycles. The second kappa shape index (κ2) is 5.98. The Hall–Kier alpha value is -1.67. The largest absolute Gasteiger partial charge is 0.468 e. The fraction of sp³-hybridized carbons (Fsp3) is 0.455. The highest BCUT2D eigenvalue weighted by molar-refractivity contribution is 7.89. The summed E-state index contributed by atoms with van der Waals surface area (Å²) in [5, 5.41) is 0. The van der Waals surface area contributed by atoms with Crippen LogP contribution in [0.4, 0.5) is 5.82 Å². The molecule has 0 aliphatic carbocycles. The zero-order chi connectivity index (χ0) is 14.6. The Bertz CT molecular complexity index is 540. The van der Waals surface area contributed by atoms with Crippen molar-refractivity contribution in [2.75, 3.05) is 39.7 Å². The van der Waals surface area contributed by atoms with Crippen LogP contribution in [0.3, 0.4) is 0 Å². The third-order valence-corrected chi connectivity index (χ3v) is 4.28. The van der Waals surface area contributed by atoms with Crippen molar-refractivity contribution in [2.24, 2.45) is 0 Å². The van der Waals surface area contributed by atoms with Gasteiger partial charge in [0.2, 0.25) is 10.0 Å². The van der Waals surface area contributed by atoms with E-state index in [0.29, 0.717) is 5.82 Å². The summed E-state index contributed by atoms with van der Waals surface area (Å²) in [4.78, 5) is 16.8. The molecule has 0 amide bonds. The van der Waals surface area contributed by atoms with Crippen LogP contribution in [-0.2, 0) is 19.6 Å². The molecule has 1 aromatic heterocycles. The lowest BCUT2D eigenvalue weighted by atomic mass is 10.4. The van der Waals surface area contributed by atoms with Crippen LogP contribution in [0.2, 0.25) is 0 Å². The number of hydrogen-bond acceptors (Lipinski definition) is 6. The number of hydrogen-bond donors (Lipinski definition) is 0. The summed E-state index contributed by atoms with van der Waals surface area (Å²) in [6.45, 7) is 0.0449. The van der Waals surface area contributed by atoms with Crippen molar-refractivity contribution in [3.8, 4) is 0 Å². The molecule has 0 aliphatic heterocycles. The summed E-state index contributed by atoms with van der Waals surface area (Å²) in [5.41, 5.74) is 0.